The molecule has 0 spiro atoms. The van der Waals surface area contributed by atoms with Crippen molar-refractivity contribution in [1.29, 1.82) is 0 Å². The highest BCUT2D eigenvalue weighted by Crippen LogP contribution is 2.41. The van der Waals surface area contributed by atoms with E-state index in [1.54, 1.807) is 14.2 Å². The summed E-state index contributed by atoms with van der Waals surface area (Å²) in [7, 11) is 3.28. The summed E-state index contributed by atoms with van der Waals surface area (Å²) < 4.78 is 16.3. The first-order chi connectivity index (χ1) is 13.2. The van der Waals surface area contributed by atoms with Crippen LogP contribution in [0.4, 0.5) is 5.69 Å². The van der Waals surface area contributed by atoms with Crippen LogP contribution in [0.15, 0.2) is 23.2 Å². The highest BCUT2D eigenvalue weighted by Gasteiger charge is 2.33. The molecule has 0 aromatic heterocycles. The van der Waals surface area contributed by atoms with Gasteiger partial charge in [-0.1, -0.05) is 12.8 Å². The molecule has 2 N–H and O–H groups in total. The Morgan fingerprint density at radius 3 is 2.43 bits per heavy atom. The van der Waals surface area contributed by atoms with Crippen molar-refractivity contribution in [2.45, 2.75) is 46.0 Å². The molecule has 28 heavy (non-hydrogen) atoms. The first-order valence-electron chi connectivity index (χ1n) is 10.0. The molecule has 1 aliphatic rings. The van der Waals surface area contributed by atoms with Crippen LogP contribution in [0.1, 0.15) is 46.0 Å². The molecule has 0 saturated heterocycles. The number of hydrogen-bond acceptors (Lipinski definition) is 4. The van der Waals surface area contributed by atoms with Gasteiger partial charge in [-0.3, -0.25) is 4.99 Å². The first kappa shape index (κ1) is 24.8. The van der Waals surface area contributed by atoms with E-state index in [1.165, 1.54) is 25.7 Å². The number of ether oxygens (including phenoxy) is 3. The molecule has 0 bridgehead atoms. The Morgan fingerprint density at radius 2 is 1.82 bits per heavy atom. The highest BCUT2D eigenvalue weighted by molar-refractivity contribution is 14.0. The molecule has 1 saturated carbocycles. The summed E-state index contributed by atoms with van der Waals surface area (Å²) in [5, 5.41) is 6.73. The van der Waals surface area contributed by atoms with Crippen LogP contribution in [0.2, 0.25) is 0 Å². The van der Waals surface area contributed by atoms with Crippen molar-refractivity contribution in [3.8, 4) is 11.5 Å². The number of nitrogens with one attached hydrogen (secondary N) is 2. The largest absolute Gasteiger partial charge is 0.493 e. The van der Waals surface area contributed by atoms with E-state index in [9.17, 15) is 0 Å². The Labute approximate surface area is 186 Å². The second kappa shape index (κ2) is 13.1. The smallest absolute Gasteiger partial charge is 0.195 e. The van der Waals surface area contributed by atoms with Crippen LogP contribution in [0, 0.1) is 5.41 Å². The molecule has 0 amide bonds. The molecule has 0 atom stereocenters. The minimum Gasteiger partial charge on any atom is -0.493 e. The van der Waals surface area contributed by atoms with Gasteiger partial charge in [0.25, 0.3) is 0 Å². The summed E-state index contributed by atoms with van der Waals surface area (Å²) in [5.41, 5.74) is 1.19. The lowest BCUT2D eigenvalue weighted by Crippen LogP contribution is -2.33. The number of guanidine groups is 1. The SMILES string of the molecule is CCNC(=NCC1(CCOCC)CCCC1)Nc1ccc(OC)c(OC)c1.I. The standard InChI is InChI=1S/C21H35N3O3.HI/c1-5-22-20(24-17-9-10-18(25-3)19(15-17)26-4)23-16-21(11-7-8-12-21)13-14-27-6-2;/h9-10,15H,5-8,11-14,16H2,1-4H3,(H2,22,23,24);1H. The van der Waals surface area contributed by atoms with E-state index in [0.717, 1.165) is 44.4 Å². The Bertz CT molecular complexity index is 605. The minimum absolute atomic E-state index is 0. The van der Waals surface area contributed by atoms with Crippen molar-refractivity contribution in [3.05, 3.63) is 18.2 Å². The Kier molecular flexibility index (Phi) is 11.6. The fraction of sp³-hybridized carbons (Fsp3) is 0.667. The van der Waals surface area contributed by atoms with E-state index in [2.05, 4.69) is 24.5 Å². The zero-order valence-corrected chi connectivity index (χ0v) is 20.0. The summed E-state index contributed by atoms with van der Waals surface area (Å²) in [5.74, 6) is 2.21. The van der Waals surface area contributed by atoms with Gasteiger partial charge in [0, 0.05) is 38.1 Å². The lowest BCUT2D eigenvalue weighted by molar-refractivity contribution is 0.107. The number of nitrogens with zero attached hydrogens (tertiary/aromatic N) is 1. The summed E-state index contributed by atoms with van der Waals surface area (Å²) in [6.07, 6.45) is 6.14. The summed E-state index contributed by atoms with van der Waals surface area (Å²) in [6.45, 7) is 7.37. The average Bonchev–Trinajstić information content (AvgIpc) is 3.15. The molecule has 0 radical (unpaired) electrons. The van der Waals surface area contributed by atoms with E-state index in [4.69, 9.17) is 19.2 Å². The van der Waals surface area contributed by atoms with Crippen LogP contribution in [-0.4, -0.2) is 46.5 Å². The zero-order chi connectivity index (χ0) is 19.5. The second-order valence-corrected chi connectivity index (χ2v) is 7.04. The van der Waals surface area contributed by atoms with E-state index >= 15 is 0 Å². The van der Waals surface area contributed by atoms with Crippen LogP contribution < -0.4 is 20.1 Å². The Balaban J connectivity index is 0.00000392. The maximum absolute atomic E-state index is 5.61. The molecule has 1 fully saturated rings. The van der Waals surface area contributed by atoms with E-state index < -0.39 is 0 Å². The number of aliphatic imine (C=N–C) groups is 1. The molecule has 0 heterocycles. The fourth-order valence-corrected chi connectivity index (χ4v) is 3.65. The van der Waals surface area contributed by atoms with Crippen LogP contribution in [0.5, 0.6) is 11.5 Å². The quantitative estimate of drug-likeness (QED) is 0.209. The molecule has 1 aliphatic carbocycles. The van der Waals surface area contributed by atoms with Gasteiger partial charge in [0.1, 0.15) is 0 Å². The molecule has 0 aliphatic heterocycles. The van der Waals surface area contributed by atoms with Crippen molar-refractivity contribution < 1.29 is 14.2 Å². The molecule has 1 aromatic rings. The molecule has 6 nitrogen and oxygen atoms in total. The van der Waals surface area contributed by atoms with Gasteiger partial charge in [0.05, 0.1) is 14.2 Å². The van der Waals surface area contributed by atoms with Crippen LogP contribution in [0.3, 0.4) is 0 Å². The number of anilines is 1. The lowest BCUT2D eigenvalue weighted by Gasteiger charge is -2.27. The van der Waals surface area contributed by atoms with Gasteiger partial charge in [-0.05, 0) is 50.7 Å². The maximum atomic E-state index is 5.61. The van der Waals surface area contributed by atoms with Crippen molar-refractivity contribution in [2.24, 2.45) is 10.4 Å². The van der Waals surface area contributed by atoms with Gasteiger partial charge in [-0.15, -0.1) is 24.0 Å². The molecular formula is C21H36IN3O3. The average molecular weight is 505 g/mol. The van der Waals surface area contributed by atoms with Gasteiger partial charge in [0.15, 0.2) is 17.5 Å². The summed E-state index contributed by atoms with van der Waals surface area (Å²) >= 11 is 0. The predicted molar refractivity (Wildman–Crippen MR) is 127 cm³/mol. The topological polar surface area (TPSA) is 64.1 Å². The van der Waals surface area contributed by atoms with Gasteiger partial charge in [-0.25, -0.2) is 0 Å². The third-order valence-corrected chi connectivity index (χ3v) is 5.21. The van der Waals surface area contributed by atoms with Crippen molar-refractivity contribution in [2.75, 3.05) is 45.8 Å². The summed E-state index contributed by atoms with van der Waals surface area (Å²) in [4.78, 5) is 4.91. The molecule has 7 heteroatoms. The second-order valence-electron chi connectivity index (χ2n) is 7.04. The zero-order valence-electron chi connectivity index (χ0n) is 17.7. The molecule has 1 aromatic carbocycles. The van der Waals surface area contributed by atoms with Crippen molar-refractivity contribution in [3.63, 3.8) is 0 Å². The monoisotopic (exact) mass is 505 g/mol. The van der Waals surface area contributed by atoms with Crippen LogP contribution in [0.25, 0.3) is 0 Å². The number of methoxy groups -OCH3 is 2. The van der Waals surface area contributed by atoms with Gasteiger partial charge < -0.3 is 24.8 Å². The minimum atomic E-state index is 0. The first-order valence-corrected chi connectivity index (χ1v) is 10.0. The van der Waals surface area contributed by atoms with Crippen molar-refractivity contribution in [1.82, 2.24) is 5.32 Å². The van der Waals surface area contributed by atoms with Crippen LogP contribution >= 0.6 is 24.0 Å². The van der Waals surface area contributed by atoms with E-state index in [1.807, 2.05) is 18.2 Å². The number of hydrogen-bond donors (Lipinski definition) is 2. The molecule has 160 valence electrons. The van der Waals surface area contributed by atoms with E-state index in [-0.39, 0.29) is 29.4 Å². The van der Waals surface area contributed by atoms with Gasteiger partial charge in [0.2, 0.25) is 0 Å². The van der Waals surface area contributed by atoms with Crippen molar-refractivity contribution >= 4 is 35.6 Å². The number of halogens is 1. The fourth-order valence-electron chi connectivity index (χ4n) is 3.65. The number of benzene rings is 1. The third-order valence-electron chi connectivity index (χ3n) is 5.21. The third kappa shape index (κ3) is 7.31. The Hall–Kier alpha value is -1.22. The summed E-state index contributed by atoms with van der Waals surface area (Å²) in [6, 6.07) is 5.78. The number of rotatable bonds is 10. The highest BCUT2D eigenvalue weighted by atomic mass is 127. The molecule has 0 unspecified atom stereocenters. The predicted octanol–water partition coefficient (Wildman–Crippen LogP) is 4.69. The van der Waals surface area contributed by atoms with Gasteiger partial charge >= 0.3 is 0 Å². The van der Waals surface area contributed by atoms with E-state index in [0.29, 0.717) is 11.5 Å². The van der Waals surface area contributed by atoms with Gasteiger partial charge in [-0.2, -0.15) is 0 Å². The molecule has 2 rings (SSSR count). The Morgan fingerprint density at radius 1 is 1.11 bits per heavy atom. The molecular weight excluding hydrogens is 469 g/mol. The maximum Gasteiger partial charge on any atom is 0.195 e. The normalized spacial score (nSPS) is 15.6. The van der Waals surface area contributed by atoms with Crippen LogP contribution in [-0.2, 0) is 4.74 Å². The lowest BCUT2D eigenvalue weighted by atomic mass is 9.83.